The first kappa shape index (κ1) is 34.3. The van der Waals surface area contributed by atoms with Crippen molar-refractivity contribution < 1.29 is 23.8 Å². The minimum atomic E-state index is -0.485. The molecular weight excluding hydrogens is 636 g/mol. The van der Waals surface area contributed by atoms with Crippen molar-refractivity contribution in [3.05, 3.63) is 84.1 Å². The molecule has 4 aromatic rings. The van der Waals surface area contributed by atoms with E-state index in [1.807, 2.05) is 57.2 Å². The van der Waals surface area contributed by atoms with Crippen molar-refractivity contribution in [1.29, 1.82) is 0 Å². The molecule has 1 aromatic heterocycles. The van der Waals surface area contributed by atoms with Crippen LogP contribution in [-0.4, -0.2) is 79.4 Å². The maximum atomic E-state index is 14.2. The molecule has 6 rings (SSSR count). The number of carbonyl (C=O) groups is 2. The van der Waals surface area contributed by atoms with E-state index < -0.39 is 5.60 Å². The van der Waals surface area contributed by atoms with Crippen molar-refractivity contribution in [2.45, 2.75) is 39.5 Å². The number of piperazine rings is 1. The van der Waals surface area contributed by atoms with E-state index in [1.165, 1.54) is 0 Å². The van der Waals surface area contributed by atoms with Gasteiger partial charge in [-0.3, -0.25) is 19.5 Å². The minimum absolute atomic E-state index is 0.196. The van der Waals surface area contributed by atoms with Crippen molar-refractivity contribution in [2.24, 2.45) is 0 Å². The molecule has 50 heavy (non-hydrogen) atoms. The maximum absolute atomic E-state index is 14.2. The Morgan fingerprint density at radius 1 is 0.900 bits per heavy atom. The van der Waals surface area contributed by atoms with Crippen LogP contribution in [0, 0.1) is 0 Å². The van der Waals surface area contributed by atoms with Gasteiger partial charge in [-0.15, -0.1) is 0 Å². The van der Waals surface area contributed by atoms with Gasteiger partial charge in [-0.1, -0.05) is 12.1 Å². The molecule has 13 nitrogen and oxygen atoms in total. The molecule has 3 heterocycles. The van der Waals surface area contributed by atoms with E-state index in [4.69, 9.17) is 24.9 Å². The Morgan fingerprint density at radius 2 is 1.56 bits per heavy atom. The number of rotatable bonds is 10. The topological polar surface area (TPSA) is 139 Å². The third-order valence-electron chi connectivity index (χ3n) is 8.49. The first-order valence-electron chi connectivity index (χ1n) is 16.6. The molecule has 13 heteroatoms. The summed E-state index contributed by atoms with van der Waals surface area (Å²) < 4.78 is 16.4. The number of hydrogen-bond donors (Lipinski definition) is 2. The lowest BCUT2D eigenvalue weighted by molar-refractivity contribution is -0.156. The van der Waals surface area contributed by atoms with Gasteiger partial charge in [-0.05, 0) is 62.7 Å². The van der Waals surface area contributed by atoms with E-state index in [0.29, 0.717) is 41.2 Å². The number of nitrogens with zero attached hydrogens (tertiary/aromatic N) is 6. The second-order valence-electron chi connectivity index (χ2n) is 13.3. The highest BCUT2D eigenvalue weighted by Gasteiger charge is 2.34. The fraction of sp³-hybridized carbons (Fsp3) is 0.351. The van der Waals surface area contributed by atoms with Crippen molar-refractivity contribution >= 4 is 46.5 Å². The number of aromatic nitrogens is 2. The predicted molar refractivity (Wildman–Crippen MR) is 194 cm³/mol. The number of amides is 2. The normalized spacial score (nSPS) is 15.1. The standard InChI is InChI=1S/C37H44N8O5/c1-37(2,3)50-33(46)24-42-14-16-43(17-15-42)29-12-10-28(11-13-29)40-35-39-21-26-23-44(30-18-31(48-4)20-32(19-30)49-5)36(47)45(34(26)41-35)22-25-6-8-27(38)9-7-25/h6-13,18-21H,14-17,22-24,38H2,1-5H3,(H,39,40,41). The average molecular weight is 681 g/mol. The number of esters is 1. The number of nitrogen functional groups attached to an aromatic ring is 1. The molecule has 262 valence electrons. The lowest BCUT2D eigenvalue weighted by atomic mass is 10.1. The Kier molecular flexibility index (Phi) is 9.95. The monoisotopic (exact) mass is 680 g/mol. The van der Waals surface area contributed by atoms with E-state index in [-0.39, 0.29) is 25.1 Å². The number of methoxy groups -OCH3 is 2. The van der Waals surface area contributed by atoms with Crippen LogP contribution < -0.4 is 35.2 Å². The van der Waals surface area contributed by atoms with Crippen molar-refractivity contribution in [2.75, 3.05) is 72.7 Å². The van der Waals surface area contributed by atoms with Crippen LogP contribution in [0.5, 0.6) is 11.5 Å². The Labute approximate surface area is 292 Å². The first-order chi connectivity index (χ1) is 24.0. The molecule has 0 bridgehead atoms. The molecule has 1 fully saturated rings. The minimum Gasteiger partial charge on any atom is -0.497 e. The Balaban J connectivity index is 1.18. The summed E-state index contributed by atoms with van der Waals surface area (Å²) in [6.07, 6.45) is 1.75. The second kappa shape index (κ2) is 14.5. The molecule has 0 spiro atoms. The fourth-order valence-corrected chi connectivity index (χ4v) is 5.98. The lowest BCUT2D eigenvalue weighted by Crippen LogP contribution is -2.48. The van der Waals surface area contributed by atoms with Crippen molar-refractivity contribution in [3.63, 3.8) is 0 Å². The summed E-state index contributed by atoms with van der Waals surface area (Å²) in [6.45, 7) is 9.65. The lowest BCUT2D eigenvalue weighted by Gasteiger charge is -2.36. The number of nitrogens with one attached hydrogen (secondary N) is 1. The van der Waals surface area contributed by atoms with Gasteiger partial charge in [-0.25, -0.2) is 9.78 Å². The van der Waals surface area contributed by atoms with Crippen LogP contribution in [0.1, 0.15) is 31.9 Å². The molecule has 3 aromatic carbocycles. The van der Waals surface area contributed by atoms with Crippen molar-refractivity contribution in [1.82, 2.24) is 14.9 Å². The van der Waals surface area contributed by atoms with Crippen LogP contribution >= 0.6 is 0 Å². The Hall–Kier alpha value is -5.56. The number of benzene rings is 3. The zero-order valence-corrected chi connectivity index (χ0v) is 29.2. The summed E-state index contributed by atoms with van der Waals surface area (Å²) in [5.41, 5.74) is 10.3. The van der Waals surface area contributed by atoms with E-state index in [9.17, 15) is 9.59 Å². The molecule has 1 saturated heterocycles. The van der Waals surface area contributed by atoms with Gasteiger partial charge in [-0.2, -0.15) is 4.98 Å². The van der Waals surface area contributed by atoms with Crippen LogP contribution in [0.25, 0.3) is 0 Å². The highest BCUT2D eigenvalue weighted by molar-refractivity contribution is 6.05. The quantitative estimate of drug-likeness (QED) is 0.164. The highest BCUT2D eigenvalue weighted by atomic mass is 16.6. The number of nitrogens with two attached hydrogens (primary N) is 1. The molecule has 2 aliphatic heterocycles. The van der Waals surface area contributed by atoms with Crippen LogP contribution in [0.2, 0.25) is 0 Å². The number of ether oxygens (including phenoxy) is 3. The van der Waals surface area contributed by atoms with E-state index >= 15 is 0 Å². The molecule has 2 amide bonds. The smallest absolute Gasteiger partial charge is 0.330 e. The summed E-state index contributed by atoms with van der Waals surface area (Å²) >= 11 is 0. The van der Waals surface area contributed by atoms with E-state index in [2.05, 4.69) is 32.2 Å². The molecule has 3 N–H and O–H groups in total. The number of carbonyl (C=O) groups excluding carboxylic acids is 2. The molecule has 0 saturated carbocycles. The summed E-state index contributed by atoms with van der Waals surface area (Å²) in [5, 5.41) is 3.31. The van der Waals surface area contributed by atoms with Gasteiger partial charge in [0, 0.05) is 73.2 Å². The number of urea groups is 1. The summed E-state index contributed by atoms with van der Waals surface area (Å²) in [5.74, 6) is 1.85. The van der Waals surface area contributed by atoms with Gasteiger partial charge >= 0.3 is 12.0 Å². The fourth-order valence-electron chi connectivity index (χ4n) is 5.98. The van der Waals surface area contributed by atoms with Crippen LogP contribution in [0.3, 0.4) is 0 Å². The van der Waals surface area contributed by atoms with Crippen LogP contribution in [0.15, 0.2) is 72.9 Å². The van der Waals surface area contributed by atoms with Crippen molar-refractivity contribution in [3.8, 4) is 11.5 Å². The highest BCUT2D eigenvalue weighted by Crippen LogP contribution is 2.36. The van der Waals surface area contributed by atoms with Crippen LogP contribution in [-0.2, 0) is 22.6 Å². The van der Waals surface area contributed by atoms with E-state index in [0.717, 1.165) is 48.7 Å². The van der Waals surface area contributed by atoms with Gasteiger partial charge in [0.2, 0.25) is 5.95 Å². The Morgan fingerprint density at radius 3 is 2.18 bits per heavy atom. The Bertz CT molecular complexity index is 1800. The maximum Gasteiger partial charge on any atom is 0.330 e. The zero-order valence-electron chi connectivity index (χ0n) is 29.2. The van der Waals surface area contributed by atoms with Gasteiger partial charge in [0.05, 0.1) is 39.5 Å². The van der Waals surface area contributed by atoms with Gasteiger partial charge < -0.3 is 30.2 Å². The number of anilines is 6. The third kappa shape index (κ3) is 8.17. The van der Waals surface area contributed by atoms with Gasteiger partial charge in [0.25, 0.3) is 0 Å². The summed E-state index contributed by atoms with van der Waals surface area (Å²) in [7, 11) is 3.15. The van der Waals surface area contributed by atoms with Gasteiger partial charge in [0.15, 0.2) is 0 Å². The largest absolute Gasteiger partial charge is 0.497 e. The average Bonchev–Trinajstić information content (AvgIpc) is 3.10. The number of hydrogen-bond acceptors (Lipinski definition) is 11. The predicted octanol–water partition coefficient (Wildman–Crippen LogP) is 5.43. The third-order valence-corrected chi connectivity index (χ3v) is 8.49. The zero-order chi connectivity index (χ0) is 35.4. The molecule has 2 aliphatic rings. The first-order valence-corrected chi connectivity index (χ1v) is 16.6. The molecule has 0 atom stereocenters. The molecule has 0 unspecified atom stereocenters. The molecule has 0 aliphatic carbocycles. The van der Waals surface area contributed by atoms with Crippen LogP contribution in [0.4, 0.5) is 39.3 Å². The van der Waals surface area contributed by atoms with E-state index in [1.54, 1.807) is 48.4 Å². The second-order valence-corrected chi connectivity index (χ2v) is 13.3. The summed E-state index contributed by atoms with van der Waals surface area (Å²) in [4.78, 5) is 43.6. The SMILES string of the molecule is COc1cc(OC)cc(N2Cc3cnc(Nc4ccc(N5CCN(CC(=O)OC(C)(C)C)CC5)cc4)nc3N(Cc3ccc(N)cc3)C2=O)c1. The molecule has 0 radical (unpaired) electrons. The van der Waals surface area contributed by atoms with Gasteiger partial charge in [0.1, 0.15) is 22.9 Å². The summed E-state index contributed by atoms with van der Waals surface area (Å²) in [6, 6.07) is 20.6. The molecular formula is C37H44N8O5. The number of fused-ring (bicyclic) bond motifs is 1.